The predicted molar refractivity (Wildman–Crippen MR) is 134 cm³/mol. The number of halogens is 1. The number of hydrogen-bond donors (Lipinski definition) is 0. The minimum atomic E-state index is -0.265. The highest BCUT2D eigenvalue weighted by Crippen LogP contribution is 2.33. The van der Waals surface area contributed by atoms with Crippen LogP contribution in [0.15, 0.2) is 66.7 Å². The van der Waals surface area contributed by atoms with Gasteiger partial charge in [0.25, 0.3) is 0 Å². The molecule has 32 heavy (non-hydrogen) atoms. The fourth-order valence-electron chi connectivity index (χ4n) is 3.54. The first kappa shape index (κ1) is 23.1. The Bertz CT molecular complexity index is 1220. The van der Waals surface area contributed by atoms with E-state index >= 15 is 4.39 Å². The molecular weight excluding hydrogens is 391 g/mol. The van der Waals surface area contributed by atoms with E-state index in [0.717, 1.165) is 41.5 Å². The van der Waals surface area contributed by atoms with Crippen LogP contribution >= 0.6 is 0 Å². The Morgan fingerprint density at radius 2 is 1.16 bits per heavy atom. The Morgan fingerprint density at radius 3 is 1.66 bits per heavy atom. The zero-order chi connectivity index (χ0) is 22.9. The lowest BCUT2D eigenvalue weighted by molar-refractivity contribution is 0.619. The van der Waals surface area contributed by atoms with Crippen LogP contribution in [0.4, 0.5) is 4.39 Å². The maximum absolute atomic E-state index is 15.5. The molecule has 160 valence electrons. The van der Waals surface area contributed by atoms with Crippen LogP contribution in [0.3, 0.4) is 0 Å². The van der Waals surface area contributed by atoms with E-state index in [9.17, 15) is 0 Å². The normalized spacial score (nSPS) is 11.8. The first-order valence-corrected chi connectivity index (χ1v) is 11.3. The number of aryl methyl sites for hydroxylation is 2. The topological polar surface area (TPSA) is 0 Å². The third-order valence-electron chi connectivity index (χ3n) is 5.29. The minimum absolute atomic E-state index is 0.265. The molecule has 0 radical (unpaired) electrons. The summed E-state index contributed by atoms with van der Waals surface area (Å²) >= 11 is 0. The van der Waals surface area contributed by atoms with Crippen molar-refractivity contribution in [3.63, 3.8) is 0 Å². The summed E-state index contributed by atoms with van der Waals surface area (Å²) in [6, 6.07) is 19.7. The van der Waals surface area contributed by atoms with E-state index in [2.05, 4.69) is 29.8 Å². The fourth-order valence-corrected chi connectivity index (χ4v) is 3.54. The highest BCUT2D eigenvalue weighted by molar-refractivity contribution is 5.74. The molecule has 0 bridgehead atoms. The molecule has 0 aromatic heterocycles. The second-order valence-electron chi connectivity index (χ2n) is 7.70. The summed E-state index contributed by atoms with van der Waals surface area (Å²) in [4.78, 5) is 0. The lowest BCUT2D eigenvalue weighted by atomic mass is 9.95. The molecule has 0 saturated heterocycles. The van der Waals surface area contributed by atoms with Crippen LogP contribution in [0.5, 0.6) is 0 Å². The van der Waals surface area contributed by atoms with Gasteiger partial charge in [0.15, 0.2) is 0 Å². The molecule has 1 heteroatoms. The summed E-state index contributed by atoms with van der Waals surface area (Å²) in [7, 11) is 0. The smallest absolute Gasteiger partial charge is 0.147 e. The molecule has 1 aliphatic rings. The van der Waals surface area contributed by atoms with Gasteiger partial charge in [0.1, 0.15) is 5.82 Å². The van der Waals surface area contributed by atoms with Crippen molar-refractivity contribution in [3.05, 3.63) is 112 Å². The third kappa shape index (κ3) is 5.78. The molecule has 4 rings (SSSR count). The largest absolute Gasteiger partial charge is 0.205 e. The van der Waals surface area contributed by atoms with Gasteiger partial charge in [0.2, 0.25) is 0 Å². The fraction of sp³-hybridized carbons (Fsp3) is 0.226. The van der Waals surface area contributed by atoms with Crippen LogP contribution in [0.1, 0.15) is 72.1 Å². The van der Waals surface area contributed by atoms with Crippen molar-refractivity contribution in [1.29, 1.82) is 0 Å². The lowest BCUT2D eigenvalue weighted by Gasteiger charge is -2.09. The highest BCUT2D eigenvalue weighted by Gasteiger charge is 2.18. The maximum Gasteiger partial charge on any atom is 0.147 e. The molecule has 3 aromatic rings. The summed E-state index contributed by atoms with van der Waals surface area (Å²) in [6.07, 6.45) is 5.05. The van der Waals surface area contributed by atoms with Gasteiger partial charge < -0.3 is 0 Å². The molecule has 0 fully saturated rings. The van der Waals surface area contributed by atoms with Crippen molar-refractivity contribution in [2.75, 3.05) is 0 Å². The molecule has 0 atom stereocenters. The Kier molecular flexibility index (Phi) is 8.08. The molecule has 0 saturated carbocycles. The van der Waals surface area contributed by atoms with Crippen LogP contribution in [0, 0.1) is 43.3 Å². The van der Waals surface area contributed by atoms with Gasteiger partial charge in [0, 0.05) is 22.3 Å². The molecule has 0 aliphatic heterocycles. The Morgan fingerprint density at radius 1 is 0.656 bits per heavy atom. The summed E-state index contributed by atoms with van der Waals surface area (Å²) in [6.45, 7) is 8.09. The van der Waals surface area contributed by atoms with Crippen molar-refractivity contribution < 1.29 is 4.39 Å². The Labute approximate surface area is 192 Å². The molecule has 1 aliphatic carbocycles. The molecule has 0 heterocycles. The van der Waals surface area contributed by atoms with E-state index in [-0.39, 0.29) is 5.82 Å². The highest BCUT2D eigenvalue weighted by atomic mass is 19.1. The standard InChI is InChI=1S/C29H23F.C2H6/c1-21-7-11-23(12-8-21)15-17-26-19-20-27(18-16-24-13-9-22(2)10-14-24)29(30)28(26)25-5-3-4-6-25;1-2/h5,7-14,19-20H,3-4,6H2,1-2H3;1-2H3. The van der Waals surface area contributed by atoms with Gasteiger partial charge in [-0.3, -0.25) is 0 Å². The van der Waals surface area contributed by atoms with Gasteiger partial charge in [-0.1, -0.05) is 79.0 Å². The number of allylic oxidation sites excluding steroid dienone is 2. The van der Waals surface area contributed by atoms with E-state index in [4.69, 9.17) is 0 Å². The van der Waals surface area contributed by atoms with E-state index in [0.29, 0.717) is 11.1 Å². The van der Waals surface area contributed by atoms with Crippen LogP contribution in [0.2, 0.25) is 0 Å². The number of hydrogen-bond acceptors (Lipinski definition) is 0. The van der Waals surface area contributed by atoms with Gasteiger partial charge in [-0.05, 0) is 75.1 Å². The van der Waals surface area contributed by atoms with Crippen molar-refractivity contribution in [2.45, 2.75) is 47.0 Å². The second kappa shape index (κ2) is 11.2. The van der Waals surface area contributed by atoms with Crippen LogP contribution in [-0.4, -0.2) is 0 Å². The van der Waals surface area contributed by atoms with Crippen molar-refractivity contribution in [1.82, 2.24) is 0 Å². The average molecular weight is 421 g/mol. The lowest BCUT2D eigenvalue weighted by Crippen LogP contribution is -1.97. The summed E-state index contributed by atoms with van der Waals surface area (Å²) < 4.78 is 15.5. The molecule has 0 unspecified atom stereocenters. The number of benzene rings is 3. The van der Waals surface area contributed by atoms with E-state index in [1.54, 1.807) is 6.07 Å². The molecule has 0 spiro atoms. The maximum atomic E-state index is 15.5. The Balaban J connectivity index is 0.00000141. The summed E-state index contributed by atoms with van der Waals surface area (Å²) in [5.74, 6) is 12.2. The molecule has 3 aromatic carbocycles. The summed E-state index contributed by atoms with van der Waals surface area (Å²) in [5, 5.41) is 0. The van der Waals surface area contributed by atoms with Gasteiger partial charge in [-0.2, -0.15) is 0 Å². The van der Waals surface area contributed by atoms with Gasteiger partial charge in [-0.15, -0.1) is 0 Å². The zero-order valence-electron chi connectivity index (χ0n) is 19.4. The molecule has 0 N–H and O–H groups in total. The van der Waals surface area contributed by atoms with Crippen LogP contribution < -0.4 is 0 Å². The zero-order valence-corrected chi connectivity index (χ0v) is 19.4. The molecule has 0 nitrogen and oxygen atoms in total. The monoisotopic (exact) mass is 420 g/mol. The van der Waals surface area contributed by atoms with Crippen molar-refractivity contribution >= 4 is 5.57 Å². The van der Waals surface area contributed by atoms with Crippen LogP contribution in [0.25, 0.3) is 5.57 Å². The molecule has 0 amide bonds. The van der Waals surface area contributed by atoms with E-state index in [1.165, 1.54) is 11.1 Å². The van der Waals surface area contributed by atoms with E-state index < -0.39 is 0 Å². The third-order valence-corrected chi connectivity index (χ3v) is 5.29. The second-order valence-corrected chi connectivity index (χ2v) is 7.70. The SMILES string of the molecule is CC.Cc1ccc(C#Cc2ccc(C#Cc3ccc(C)cc3)c(C3=CCCC3)c2F)cc1. The quantitative estimate of drug-likeness (QED) is 0.352. The van der Waals surface area contributed by atoms with Crippen molar-refractivity contribution in [2.24, 2.45) is 0 Å². The number of rotatable bonds is 1. The van der Waals surface area contributed by atoms with Crippen molar-refractivity contribution in [3.8, 4) is 23.7 Å². The Hall–Kier alpha value is -3.55. The average Bonchev–Trinajstić information content (AvgIpc) is 3.35. The predicted octanol–water partition coefficient (Wildman–Crippen LogP) is 7.84. The summed E-state index contributed by atoms with van der Waals surface area (Å²) in [5.41, 5.74) is 6.97. The molecular formula is C31H29F. The van der Waals surface area contributed by atoms with Crippen LogP contribution in [-0.2, 0) is 0 Å². The first-order valence-electron chi connectivity index (χ1n) is 11.3. The van der Waals surface area contributed by atoms with Gasteiger partial charge >= 0.3 is 0 Å². The van der Waals surface area contributed by atoms with E-state index in [1.807, 2.05) is 82.3 Å². The van der Waals surface area contributed by atoms with Gasteiger partial charge in [0.05, 0.1) is 5.56 Å². The minimum Gasteiger partial charge on any atom is -0.205 e. The van der Waals surface area contributed by atoms with Gasteiger partial charge in [-0.25, -0.2) is 4.39 Å². The first-order chi connectivity index (χ1) is 15.6.